The molecular weight excluding hydrogens is 286 g/mol. The molecule has 6 nitrogen and oxygen atoms in total. The molecule has 0 saturated heterocycles. The Labute approximate surface area is 128 Å². The molecule has 1 amide bonds. The molecule has 118 valence electrons. The minimum absolute atomic E-state index is 0.0109. The van der Waals surface area contributed by atoms with E-state index in [4.69, 9.17) is 9.47 Å². The van der Waals surface area contributed by atoms with Crippen LogP contribution in [0.1, 0.15) is 38.7 Å². The predicted molar refractivity (Wildman–Crippen MR) is 79.4 cm³/mol. The van der Waals surface area contributed by atoms with Gasteiger partial charge in [-0.1, -0.05) is 13.8 Å². The zero-order valence-corrected chi connectivity index (χ0v) is 12.7. The Kier molecular flexibility index (Phi) is 3.47. The third-order valence-electron chi connectivity index (χ3n) is 4.25. The van der Waals surface area contributed by atoms with Crippen LogP contribution in [0.25, 0.3) is 0 Å². The van der Waals surface area contributed by atoms with E-state index >= 15 is 0 Å². The Hall–Kier alpha value is -2.24. The van der Waals surface area contributed by atoms with E-state index in [1.165, 1.54) is 0 Å². The molecule has 0 aliphatic carbocycles. The van der Waals surface area contributed by atoms with Crippen molar-refractivity contribution in [2.24, 2.45) is 0 Å². The molecule has 0 spiro atoms. The number of nitrogens with zero attached hydrogens (tertiary/aromatic N) is 1. The number of carboxylic acids is 1. The second-order valence-corrected chi connectivity index (χ2v) is 6.08. The molecule has 22 heavy (non-hydrogen) atoms. The number of hydrogen-bond donors (Lipinski definition) is 1. The second kappa shape index (κ2) is 5.19. The fraction of sp³-hybridized carbons (Fsp3) is 0.500. The monoisotopic (exact) mass is 305 g/mol. The highest BCUT2D eigenvalue weighted by atomic mass is 16.7. The van der Waals surface area contributed by atoms with Crippen molar-refractivity contribution < 1.29 is 24.2 Å². The number of hydrogen-bond acceptors (Lipinski definition) is 4. The van der Waals surface area contributed by atoms with Gasteiger partial charge in [-0.3, -0.25) is 9.59 Å². The minimum Gasteiger partial charge on any atom is -0.481 e. The number of anilines is 1. The molecule has 0 fully saturated rings. The van der Waals surface area contributed by atoms with Gasteiger partial charge >= 0.3 is 5.97 Å². The largest absolute Gasteiger partial charge is 0.481 e. The summed E-state index contributed by atoms with van der Waals surface area (Å²) in [6, 6.07) is 3.61. The summed E-state index contributed by atoms with van der Waals surface area (Å²) in [5.74, 6) is 0.348. The van der Waals surface area contributed by atoms with Crippen LogP contribution in [0.4, 0.5) is 5.69 Å². The molecule has 1 N–H and O–H groups in total. The van der Waals surface area contributed by atoms with Gasteiger partial charge in [0, 0.05) is 24.4 Å². The summed E-state index contributed by atoms with van der Waals surface area (Å²) in [7, 11) is 0. The van der Waals surface area contributed by atoms with Crippen molar-refractivity contribution in [3.8, 4) is 11.5 Å². The van der Waals surface area contributed by atoms with E-state index in [2.05, 4.69) is 0 Å². The summed E-state index contributed by atoms with van der Waals surface area (Å²) < 4.78 is 10.8. The molecule has 0 bridgehead atoms. The summed E-state index contributed by atoms with van der Waals surface area (Å²) in [5, 5.41) is 9.23. The number of carboxylic acid groups (broad SMARTS) is 1. The van der Waals surface area contributed by atoms with E-state index in [1.807, 2.05) is 19.9 Å². The first kappa shape index (κ1) is 14.7. The Bertz CT molecular complexity index is 642. The number of rotatable bonds is 4. The van der Waals surface area contributed by atoms with Crippen LogP contribution in [0.3, 0.4) is 0 Å². The zero-order chi connectivity index (χ0) is 15.9. The minimum atomic E-state index is -0.879. The van der Waals surface area contributed by atoms with Crippen LogP contribution in [-0.2, 0) is 15.0 Å². The fourth-order valence-electron chi connectivity index (χ4n) is 3.21. The molecule has 1 unspecified atom stereocenters. The maximum absolute atomic E-state index is 12.4. The van der Waals surface area contributed by atoms with Gasteiger partial charge in [0.1, 0.15) is 0 Å². The number of benzene rings is 1. The molecule has 1 aromatic carbocycles. The van der Waals surface area contributed by atoms with Gasteiger partial charge in [-0.05, 0) is 18.1 Å². The van der Waals surface area contributed by atoms with Crippen LogP contribution in [0, 0.1) is 0 Å². The first-order valence-electron chi connectivity index (χ1n) is 7.41. The van der Waals surface area contributed by atoms with Crippen molar-refractivity contribution in [3.63, 3.8) is 0 Å². The quantitative estimate of drug-likeness (QED) is 0.923. The molecule has 1 aromatic rings. The van der Waals surface area contributed by atoms with Crippen LogP contribution in [-0.4, -0.2) is 30.3 Å². The van der Waals surface area contributed by atoms with Gasteiger partial charge in [0.2, 0.25) is 12.7 Å². The molecule has 2 aliphatic rings. The predicted octanol–water partition coefficient (Wildman–Crippen LogP) is 2.29. The lowest BCUT2D eigenvalue weighted by atomic mass is 9.81. The standard InChI is InChI=1S/C16H19NO5/c1-3-4-14(18)17-8-16(2,7-15(19)20)10-5-12-13(6-11(10)17)22-9-21-12/h5-6H,3-4,7-9H2,1-2H3,(H,19,20). The van der Waals surface area contributed by atoms with Crippen LogP contribution in [0.5, 0.6) is 11.5 Å². The third-order valence-corrected chi connectivity index (χ3v) is 4.25. The molecule has 2 heterocycles. The van der Waals surface area contributed by atoms with Crippen LogP contribution in [0.15, 0.2) is 12.1 Å². The van der Waals surface area contributed by atoms with Gasteiger partial charge in [0.05, 0.1) is 12.1 Å². The van der Waals surface area contributed by atoms with Crippen molar-refractivity contribution in [2.45, 2.75) is 38.5 Å². The average Bonchev–Trinajstić information content (AvgIpc) is 2.99. The highest BCUT2D eigenvalue weighted by Crippen LogP contribution is 2.49. The van der Waals surface area contributed by atoms with E-state index in [0.717, 1.165) is 17.7 Å². The van der Waals surface area contributed by atoms with E-state index in [9.17, 15) is 14.7 Å². The van der Waals surface area contributed by atoms with Gasteiger partial charge in [-0.15, -0.1) is 0 Å². The van der Waals surface area contributed by atoms with Crippen molar-refractivity contribution in [1.82, 2.24) is 0 Å². The summed E-state index contributed by atoms with van der Waals surface area (Å²) in [5.41, 5.74) is 0.959. The Morgan fingerprint density at radius 1 is 1.32 bits per heavy atom. The van der Waals surface area contributed by atoms with E-state index in [0.29, 0.717) is 24.5 Å². The number of aliphatic carboxylic acids is 1. The van der Waals surface area contributed by atoms with Crippen molar-refractivity contribution in [1.29, 1.82) is 0 Å². The maximum Gasteiger partial charge on any atom is 0.304 e. The lowest BCUT2D eigenvalue weighted by Gasteiger charge is -2.23. The van der Waals surface area contributed by atoms with Gasteiger partial charge in [-0.25, -0.2) is 0 Å². The van der Waals surface area contributed by atoms with Crippen LogP contribution in [0.2, 0.25) is 0 Å². The van der Waals surface area contributed by atoms with Crippen molar-refractivity contribution in [2.75, 3.05) is 18.2 Å². The smallest absolute Gasteiger partial charge is 0.304 e. The Morgan fingerprint density at radius 3 is 2.64 bits per heavy atom. The van der Waals surface area contributed by atoms with Gasteiger partial charge < -0.3 is 19.5 Å². The molecule has 0 saturated carbocycles. The molecule has 6 heteroatoms. The van der Waals surface area contributed by atoms with Crippen molar-refractivity contribution >= 4 is 17.6 Å². The maximum atomic E-state index is 12.4. The zero-order valence-electron chi connectivity index (χ0n) is 12.7. The topological polar surface area (TPSA) is 76.1 Å². The summed E-state index contributed by atoms with van der Waals surface area (Å²) >= 11 is 0. The molecule has 2 aliphatic heterocycles. The van der Waals surface area contributed by atoms with Gasteiger partial charge in [0.15, 0.2) is 11.5 Å². The molecule has 0 radical (unpaired) electrons. The van der Waals surface area contributed by atoms with Gasteiger partial charge in [0.25, 0.3) is 0 Å². The number of amides is 1. The SMILES string of the molecule is CCCC(=O)N1CC(C)(CC(=O)O)c2cc3c(cc21)OCO3. The van der Waals surface area contributed by atoms with E-state index in [-0.39, 0.29) is 19.1 Å². The van der Waals surface area contributed by atoms with Gasteiger partial charge in [-0.2, -0.15) is 0 Å². The fourth-order valence-corrected chi connectivity index (χ4v) is 3.21. The number of carbonyl (C=O) groups excluding carboxylic acids is 1. The highest BCUT2D eigenvalue weighted by molar-refractivity contribution is 5.97. The van der Waals surface area contributed by atoms with E-state index < -0.39 is 11.4 Å². The third kappa shape index (κ3) is 2.28. The number of carbonyl (C=O) groups is 2. The number of ether oxygens (including phenoxy) is 2. The molecule has 3 rings (SSSR count). The lowest BCUT2D eigenvalue weighted by molar-refractivity contribution is -0.138. The summed E-state index contributed by atoms with van der Waals surface area (Å²) in [4.78, 5) is 25.3. The highest BCUT2D eigenvalue weighted by Gasteiger charge is 2.43. The van der Waals surface area contributed by atoms with E-state index in [1.54, 1.807) is 11.0 Å². The first-order chi connectivity index (χ1) is 10.4. The molecule has 1 atom stereocenters. The lowest BCUT2D eigenvalue weighted by Crippen LogP contribution is -2.36. The average molecular weight is 305 g/mol. The summed E-state index contributed by atoms with van der Waals surface area (Å²) in [6.07, 6.45) is 1.16. The number of fused-ring (bicyclic) bond motifs is 2. The molecular formula is C16H19NO5. The van der Waals surface area contributed by atoms with Crippen LogP contribution < -0.4 is 14.4 Å². The van der Waals surface area contributed by atoms with Crippen molar-refractivity contribution in [3.05, 3.63) is 17.7 Å². The first-order valence-corrected chi connectivity index (χ1v) is 7.41. The Balaban J connectivity index is 2.06. The normalized spacial score (nSPS) is 21.8. The molecule has 0 aromatic heterocycles. The summed E-state index contributed by atoms with van der Waals surface area (Å²) in [6.45, 7) is 4.35. The van der Waals surface area contributed by atoms with Crippen LogP contribution >= 0.6 is 0 Å². The second-order valence-electron chi connectivity index (χ2n) is 6.08. The Morgan fingerprint density at radius 2 is 2.00 bits per heavy atom.